The monoisotopic (exact) mass is 369 g/mol. The van der Waals surface area contributed by atoms with E-state index >= 15 is 0 Å². The summed E-state index contributed by atoms with van der Waals surface area (Å²) >= 11 is 0. The summed E-state index contributed by atoms with van der Waals surface area (Å²) in [4.78, 5) is 14.4. The number of carbonyl (C=O) groups is 1. The van der Waals surface area contributed by atoms with E-state index in [4.69, 9.17) is 0 Å². The number of hydrogen-bond donors (Lipinski definition) is 2. The third-order valence-electron chi connectivity index (χ3n) is 5.28. The summed E-state index contributed by atoms with van der Waals surface area (Å²) in [6.45, 7) is 3.56. The number of nitrogens with one attached hydrogen (secondary N) is 2. The molecule has 2 aliphatic heterocycles. The van der Waals surface area contributed by atoms with Gasteiger partial charge in [0.1, 0.15) is 0 Å². The van der Waals surface area contributed by atoms with Crippen LogP contribution in [0.3, 0.4) is 0 Å². The smallest absolute Gasteiger partial charge is 0.370 e. The van der Waals surface area contributed by atoms with Gasteiger partial charge in [-0.25, -0.2) is 0 Å². The molecule has 26 heavy (non-hydrogen) atoms. The normalized spacial score (nSPS) is 19.0. The van der Waals surface area contributed by atoms with Crippen molar-refractivity contribution in [1.29, 1.82) is 0 Å². The van der Waals surface area contributed by atoms with Crippen LogP contribution in [0.2, 0.25) is 0 Å². The van der Waals surface area contributed by atoms with Crippen molar-refractivity contribution in [3.8, 4) is 0 Å². The number of nitrogens with zero attached hydrogens (tertiary/aromatic N) is 1. The van der Waals surface area contributed by atoms with Crippen LogP contribution in [-0.4, -0.2) is 32.1 Å². The van der Waals surface area contributed by atoms with Crippen molar-refractivity contribution < 1.29 is 18.0 Å². The van der Waals surface area contributed by atoms with Gasteiger partial charge >= 0.3 is 6.18 Å². The molecule has 0 aromatic heterocycles. The second-order valence-electron chi connectivity index (χ2n) is 7.20. The second-order valence-corrected chi connectivity index (χ2v) is 7.20. The quantitative estimate of drug-likeness (QED) is 0.824. The number of hydrogen-bond acceptors (Lipinski definition) is 3. The summed E-state index contributed by atoms with van der Waals surface area (Å²) in [6, 6.07) is 3.64. The number of carbonyl (C=O) groups excluding carboxylic acids is 1. The molecule has 0 bridgehead atoms. The Labute approximate surface area is 152 Å². The van der Waals surface area contributed by atoms with Gasteiger partial charge in [-0.1, -0.05) is 0 Å². The maximum atomic E-state index is 13.1. The van der Waals surface area contributed by atoms with Crippen LogP contribution in [0.15, 0.2) is 18.2 Å². The highest BCUT2D eigenvalue weighted by Crippen LogP contribution is 2.36. The summed E-state index contributed by atoms with van der Waals surface area (Å²) in [7, 11) is 0. The fourth-order valence-electron chi connectivity index (χ4n) is 3.76. The molecule has 0 unspecified atom stereocenters. The molecule has 4 nitrogen and oxygen atoms in total. The molecule has 7 heteroatoms. The van der Waals surface area contributed by atoms with Gasteiger partial charge in [0.15, 0.2) is 0 Å². The van der Waals surface area contributed by atoms with Crippen LogP contribution in [0.4, 0.5) is 24.5 Å². The first-order valence-electron chi connectivity index (χ1n) is 9.40. The molecule has 0 spiro atoms. The molecule has 2 N–H and O–H groups in total. The number of halogens is 3. The van der Waals surface area contributed by atoms with E-state index in [1.54, 1.807) is 0 Å². The third-order valence-corrected chi connectivity index (χ3v) is 5.28. The Hall–Kier alpha value is -1.76. The summed E-state index contributed by atoms with van der Waals surface area (Å²) in [6.07, 6.45) is 0.851. The molecule has 0 aliphatic carbocycles. The van der Waals surface area contributed by atoms with Crippen molar-refractivity contribution in [1.82, 2.24) is 5.32 Å². The summed E-state index contributed by atoms with van der Waals surface area (Å²) in [5.74, 6) is 0.310. The Morgan fingerprint density at radius 3 is 2.54 bits per heavy atom. The van der Waals surface area contributed by atoms with Crippen molar-refractivity contribution in [2.24, 2.45) is 5.92 Å². The molecule has 2 saturated heterocycles. The van der Waals surface area contributed by atoms with E-state index in [1.807, 2.05) is 4.90 Å². The molecule has 2 heterocycles. The van der Waals surface area contributed by atoms with E-state index in [2.05, 4.69) is 10.6 Å². The fraction of sp³-hybridized carbons (Fsp3) is 0.632. The molecule has 144 valence electrons. The summed E-state index contributed by atoms with van der Waals surface area (Å²) in [5, 5.41) is 6.03. The van der Waals surface area contributed by atoms with Gasteiger partial charge in [0, 0.05) is 19.5 Å². The summed E-state index contributed by atoms with van der Waals surface area (Å²) < 4.78 is 39.2. The number of benzene rings is 1. The van der Waals surface area contributed by atoms with Gasteiger partial charge in [-0.3, -0.25) is 4.79 Å². The first-order valence-corrected chi connectivity index (χ1v) is 9.40. The number of amides is 1. The van der Waals surface area contributed by atoms with E-state index in [1.165, 1.54) is 6.07 Å². The molecule has 2 fully saturated rings. The molecule has 0 radical (unpaired) electrons. The number of piperidine rings is 1. The highest BCUT2D eigenvalue weighted by Gasteiger charge is 2.32. The van der Waals surface area contributed by atoms with Crippen LogP contribution in [0.1, 0.15) is 44.1 Å². The van der Waals surface area contributed by atoms with Gasteiger partial charge in [0.2, 0.25) is 5.91 Å². The molecule has 2 aliphatic rings. The third kappa shape index (κ3) is 4.90. The number of alkyl halides is 3. The van der Waals surface area contributed by atoms with E-state index in [-0.39, 0.29) is 11.6 Å². The average molecular weight is 369 g/mol. The van der Waals surface area contributed by atoms with Gasteiger partial charge in [-0.2, -0.15) is 13.2 Å². The Balaban J connectivity index is 1.69. The molecule has 0 saturated carbocycles. The first kappa shape index (κ1) is 19.0. The Bertz CT molecular complexity index is 621. The lowest BCUT2D eigenvalue weighted by atomic mass is 9.93. The standard InChI is InChI=1S/C19H26F3N3O/c20-19(21,22)15-4-5-17(25-11-1-2-12-25)16(13-15)24-18(26)6-3-14-7-9-23-10-8-14/h4-5,13-14,23H,1-3,6-12H2,(H,24,26). The molecule has 0 atom stereocenters. The van der Waals surface area contributed by atoms with Crippen molar-refractivity contribution in [3.05, 3.63) is 23.8 Å². The summed E-state index contributed by atoms with van der Waals surface area (Å²) in [5.41, 5.74) is 0.233. The second kappa shape index (κ2) is 8.29. The first-order chi connectivity index (χ1) is 12.4. The van der Waals surface area contributed by atoms with Crippen molar-refractivity contribution >= 4 is 17.3 Å². The molecule has 1 aromatic carbocycles. The van der Waals surface area contributed by atoms with Crippen LogP contribution >= 0.6 is 0 Å². The van der Waals surface area contributed by atoms with E-state index in [9.17, 15) is 18.0 Å². The van der Waals surface area contributed by atoms with Crippen molar-refractivity contribution in [3.63, 3.8) is 0 Å². The Morgan fingerprint density at radius 1 is 1.19 bits per heavy atom. The Kier molecular flexibility index (Phi) is 6.06. The van der Waals surface area contributed by atoms with Crippen LogP contribution in [0.25, 0.3) is 0 Å². The minimum absolute atomic E-state index is 0.205. The predicted octanol–water partition coefficient (Wildman–Crippen LogP) is 4.02. The van der Waals surface area contributed by atoms with E-state index in [0.717, 1.165) is 70.4 Å². The average Bonchev–Trinajstić information content (AvgIpc) is 3.14. The molecule has 3 rings (SSSR count). The zero-order valence-electron chi connectivity index (χ0n) is 14.9. The van der Waals surface area contributed by atoms with Gasteiger partial charge in [-0.05, 0) is 69.3 Å². The zero-order chi connectivity index (χ0) is 18.6. The van der Waals surface area contributed by atoms with E-state index in [0.29, 0.717) is 18.0 Å². The van der Waals surface area contributed by atoms with Crippen LogP contribution in [0.5, 0.6) is 0 Å². The van der Waals surface area contributed by atoms with Crippen molar-refractivity contribution in [2.45, 2.75) is 44.7 Å². The SMILES string of the molecule is O=C(CCC1CCNCC1)Nc1cc(C(F)(F)F)ccc1N1CCCC1. The molecular weight excluding hydrogens is 343 g/mol. The van der Waals surface area contributed by atoms with E-state index < -0.39 is 11.7 Å². The molecular formula is C19H26F3N3O. The lowest BCUT2D eigenvalue weighted by molar-refractivity contribution is -0.137. The number of anilines is 2. The topological polar surface area (TPSA) is 44.4 Å². The maximum absolute atomic E-state index is 13.1. The lowest BCUT2D eigenvalue weighted by Crippen LogP contribution is -2.28. The molecule has 1 amide bonds. The van der Waals surface area contributed by atoms with Crippen LogP contribution < -0.4 is 15.5 Å². The van der Waals surface area contributed by atoms with Crippen LogP contribution in [0, 0.1) is 5.92 Å². The largest absolute Gasteiger partial charge is 0.416 e. The highest BCUT2D eigenvalue weighted by molar-refractivity contribution is 5.94. The van der Waals surface area contributed by atoms with Gasteiger partial charge < -0.3 is 15.5 Å². The molecule has 1 aromatic rings. The Morgan fingerprint density at radius 2 is 1.88 bits per heavy atom. The minimum Gasteiger partial charge on any atom is -0.370 e. The fourth-order valence-corrected chi connectivity index (χ4v) is 3.76. The van der Waals surface area contributed by atoms with Gasteiger partial charge in [0.05, 0.1) is 16.9 Å². The van der Waals surface area contributed by atoms with Gasteiger partial charge in [0.25, 0.3) is 0 Å². The van der Waals surface area contributed by atoms with Crippen molar-refractivity contribution in [2.75, 3.05) is 36.4 Å². The van der Waals surface area contributed by atoms with Crippen LogP contribution in [-0.2, 0) is 11.0 Å². The van der Waals surface area contributed by atoms with Gasteiger partial charge in [-0.15, -0.1) is 0 Å². The zero-order valence-corrected chi connectivity index (χ0v) is 14.9. The maximum Gasteiger partial charge on any atom is 0.416 e. The minimum atomic E-state index is -4.42. The predicted molar refractivity (Wildman–Crippen MR) is 96.3 cm³/mol. The lowest BCUT2D eigenvalue weighted by Gasteiger charge is -2.24. The highest BCUT2D eigenvalue weighted by atomic mass is 19.4. The number of rotatable bonds is 5.